The molecule has 6 nitrogen and oxygen atoms in total. The fourth-order valence-electron chi connectivity index (χ4n) is 2.90. The van der Waals surface area contributed by atoms with Crippen LogP contribution in [0.15, 0.2) is 29.3 Å². The lowest BCUT2D eigenvalue weighted by Crippen LogP contribution is -2.38. The number of nitrogens with one attached hydrogen (secondary N) is 1. The average Bonchev–Trinajstić information content (AvgIpc) is 2.58. The molecule has 0 saturated carbocycles. The van der Waals surface area contributed by atoms with Gasteiger partial charge in [0.1, 0.15) is 0 Å². The van der Waals surface area contributed by atoms with Gasteiger partial charge in [0, 0.05) is 42.8 Å². The molecule has 0 bridgehead atoms. The van der Waals surface area contributed by atoms with Gasteiger partial charge in [0.05, 0.1) is 0 Å². The van der Waals surface area contributed by atoms with Gasteiger partial charge in [-0.05, 0) is 50.8 Å². The molecule has 0 fully saturated rings. The van der Waals surface area contributed by atoms with Crippen LogP contribution in [0.5, 0.6) is 0 Å². The van der Waals surface area contributed by atoms with E-state index in [-0.39, 0.29) is 17.6 Å². The molecular weight excluding hydrogens is 316 g/mol. The summed E-state index contributed by atoms with van der Waals surface area (Å²) in [6.07, 6.45) is 5.38. The molecule has 0 spiro atoms. The average molecular weight is 342 g/mol. The van der Waals surface area contributed by atoms with Gasteiger partial charge in [-0.15, -0.1) is 0 Å². The lowest BCUT2D eigenvalue weighted by molar-refractivity contribution is -0.134. The van der Waals surface area contributed by atoms with E-state index in [9.17, 15) is 9.59 Å². The van der Waals surface area contributed by atoms with Crippen molar-refractivity contribution < 1.29 is 4.79 Å². The summed E-state index contributed by atoms with van der Waals surface area (Å²) < 4.78 is 0. The van der Waals surface area contributed by atoms with Gasteiger partial charge in [0.2, 0.25) is 5.91 Å². The summed E-state index contributed by atoms with van der Waals surface area (Å²) in [5.74, 6) is 0.100. The van der Waals surface area contributed by atoms with Crippen LogP contribution in [0.25, 0.3) is 0 Å². The fourth-order valence-corrected chi connectivity index (χ4v) is 2.90. The Hall–Kier alpha value is -2.50. The first kappa shape index (κ1) is 18.8. The molecule has 0 aliphatic heterocycles. The number of hydrogen-bond acceptors (Lipinski definition) is 4. The lowest BCUT2D eigenvalue weighted by atomic mass is 10.1. The number of aromatic nitrogens is 3. The molecule has 6 heteroatoms. The van der Waals surface area contributed by atoms with Crippen molar-refractivity contribution in [2.75, 3.05) is 0 Å². The van der Waals surface area contributed by atoms with Crippen LogP contribution in [-0.4, -0.2) is 31.8 Å². The first-order valence-electron chi connectivity index (χ1n) is 8.67. The number of carbonyl (C=O) groups excluding carboxylic acids is 1. The van der Waals surface area contributed by atoms with Crippen LogP contribution in [-0.2, 0) is 17.8 Å². The van der Waals surface area contributed by atoms with Crippen molar-refractivity contribution in [1.29, 1.82) is 0 Å². The minimum atomic E-state index is -0.345. The topological polar surface area (TPSA) is 79.0 Å². The Labute approximate surface area is 148 Å². The highest BCUT2D eigenvalue weighted by molar-refractivity contribution is 5.76. The van der Waals surface area contributed by atoms with Crippen LogP contribution in [0.2, 0.25) is 0 Å². The minimum Gasteiger partial charge on any atom is -0.336 e. The van der Waals surface area contributed by atoms with Gasteiger partial charge < -0.3 is 9.88 Å². The summed E-state index contributed by atoms with van der Waals surface area (Å²) in [6, 6.07) is 4.02. The molecule has 0 saturated heterocycles. The Balaban J connectivity index is 2.11. The number of amides is 1. The molecule has 1 N–H and O–H groups in total. The van der Waals surface area contributed by atoms with Crippen molar-refractivity contribution in [3.05, 3.63) is 57.5 Å². The van der Waals surface area contributed by atoms with E-state index in [0.29, 0.717) is 25.1 Å². The molecule has 1 atom stereocenters. The second kappa shape index (κ2) is 8.55. The summed E-state index contributed by atoms with van der Waals surface area (Å²) in [7, 11) is 0. The smallest absolute Gasteiger partial charge is 0.336 e. The molecule has 134 valence electrons. The summed E-state index contributed by atoms with van der Waals surface area (Å²) in [6.45, 7) is 8.35. The van der Waals surface area contributed by atoms with Crippen molar-refractivity contribution in [2.45, 2.75) is 59.5 Å². The molecule has 0 aliphatic rings. The first-order chi connectivity index (χ1) is 11.9. The fraction of sp³-hybridized carbons (Fsp3) is 0.474. The number of hydrogen-bond donors (Lipinski definition) is 1. The zero-order valence-corrected chi connectivity index (χ0v) is 15.4. The maximum Gasteiger partial charge on any atom is 0.345 e. The number of aromatic amines is 1. The van der Waals surface area contributed by atoms with Crippen LogP contribution in [0.4, 0.5) is 0 Å². The predicted octanol–water partition coefficient (Wildman–Crippen LogP) is 2.54. The van der Waals surface area contributed by atoms with E-state index in [0.717, 1.165) is 23.2 Å². The van der Waals surface area contributed by atoms with Crippen molar-refractivity contribution in [3.63, 3.8) is 0 Å². The summed E-state index contributed by atoms with van der Waals surface area (Å²) in [4.78, 5) is 36.9. The zero-order chi connectivity index (χ0) is 18.4. The van der Waals surface area contributed by atoms with Crippen LogP contribution >= 0.6 is 0 Å². The Morgan fingerprint density at radius 3 is 2.72 bits per heavy atom. The van der Waals surface area contributed by atoms with Gasteiger partial charge in [-0.1, -0.05) is 13.0 Å². The van der Waals surface area contributed by atoms with Gasteiger partial charge in [-0.2, -0.15) is 4.98 Å². The molecular formula is C19H26N4O2. The van der Waals surface area contributed by atoms with E-state index in [1.807, 2.05) is 30.9 Å². The highest BCUT2D eigenvalue weighted by Crippen LogP contribution is 2.15. The standard InChI is InChI=1S/C19H26N4O2/c1-5-13(2)23(12-16-7-6-10-20-11-16)18(24)9-8-17-14(3)21-19(25)22-15(17)4/h6-7,10-11,13H,5,8-9,12H2,1-4H3,(H,21,22,25)/t13-/m1/s1. The van der Waals surface area contributed by atoms with E-state index >= 15 is 0 Å². The van der Waals surface area contributed by atoms with Crippen LogP contribution in [0.3, 0.4) is 0 Å². The molecule has 2 aromatic rings. The van der Waals surface area contributed by atoms with E-state index in [1.165, 1.54) is 0 Å². The summed E-state index contributed by atoms with van der Waals surface area (Å²) in [5, 5.41) is 0. The normalized spacial score (nSPS) is 12.0. The molecule has 0 radical (unpaired) electrons. The minimum absolute atomic E-state index is 0.100. The monoisotopic (exact) mass is 342 g/mol. The highest BCUT2D eigenvalue weighted by Gasteiger charge is 2.20. The summed E-state index contributed by atoms with van der Waals surface area (Å²) >= 11 is 0. The number of H-pyrrole nitrogens is 1. The Morgan fingerprint density at radius 2 is 2.12 bits per heavy atom. The number of carbonyl (C=O) groups is 1. The largest absolute Gasteiger partial charge is 0.345 e. The van der Waals surface area contributed by atoms with Crippen molar-refractivity contribution >= 4 is 5.91 Å². The van der Waals surface area contributed by atoms with E-state index < -0.39 is 0 Å². The SMILES string of the molecule is CC[C@@H](C)N(Cc1cccnc1)C(=O)CCc1c(C)nc(=O)[nH]c1C. The van der Waals surface area contributed by atoms with Gasteiger partial charge in [0.15, 0.2) is 0 Å². The van der Waals surface area contributed by atoms with E-state index in [4.69, 9.17) is 0 Å². The van der Waals surface area contributed by atoms with Crippen LogP contribution < -0.4 is 5.69 Å². The van der Waals surface area contributed by atoms with Crippen LogP contribution in [0, 0.1) is 13.8 Å². The Bertz CT molecular complexity index is 744. The second-order valence-corrected chi connectivity index (χ2v) is 6.37. The molecule has 2 aromatic heterocycles. The predicted molar refractivity (Wildman–Crippen MR) is 97.2 cm³/mol. The Morgan fingerprint density at radius 1 is 1.36 bits per heavy atom. The van der Waals surface area contributed by atoms with E-state index in [1.54, 1.807) is 12.4 Å². The van der Waals surface area contributed by atoms with Gasteiger partial charge >= 0.3 is 5.69 Å². The quantitative estimate of drug-likeness (QED) is 0.838. The molecule has 1 amide bonds. The van der Waals surface area contributed by atoms with Gasteiger partial charge in [-0.25, -0.2) is 4.79 Å². The zero-order valence-electron chi connectivity index (χ0n) is 15.4. The number of rotatable bonds is 7. The number of aryl methyl sites for hydroxylation is 2. The molecule has 2 heterocycles. The molecule has 0 unspecified atom stereocenters. The lowest BCUT2D eigenvalue weighted by Gasteiger charge is -2.29. The van der Waals surface area contributed by atoms with Crippen molar-refractivity contribution in [1.82, 2.24) is 19.9 Å². The first-order valence-corrected chi connectivity index (χ1v) is 8.67. The maximum atomic E-state index is 12.8. The Kier molecular flexibility index (Phi) is 6.44. The molecule has 0 aromatic carbocycles. The van der Waals surface area contributed by atoms with Crippen molar-refractivity contribution in [2.24, 2.45) is 0 Å². The van der Waals surface area contributed by atoms with Crippen LogP contribution in [0.1, 0.15) is 49.2 Å². The van der Waals surface area contributed by atoms with Gasteiger partial charge in [0.25, 0.3) is 0 Å². The molecule has 2 rings (SSSR count). The van der Waals surface area contributed by atoms with E-state index in [2.05, 4.69) is 28.8 Å². The van der Waals surface area contributed by atoms with Gasteiger partial charge in [-0.3, -0.25) is 9.78 Å². The molecule has 0 aliphatic carbocycles. The highest BCUT2D eigenvalue weighted by atomic mass is 16.2. The number of nitrogens with zero attached hydrogens (tertiary/aromatic N) is 3. The third-order valence-corrected chi connectivity index (χ3v) is 4.56. The third-order valence-electron chi connectivity index (χ3n) is 4.56. The summed E-state index contributed by atoms with van der Waals surface area (Å²) in [5.41, 5.74) is 3.10. The molecule has 25 heavy (non-hydrogen) atoms. The third kappa shape index (κ3) is 4.98. The number of pyridine rings is 1. The van der Waals surface area contributed by atoms with Crippen molar-refractivity contribution in [3.8, 4) is 0 Å². The maximum absolute atomic E-state index is 12.8. The second-order valence-electron chi connectivity index (χ2n) is 6.37.